The molecule has 7 heteroatoms. The first kappa shape index (κ1) is 21.4. The van der Waals surface area contributed by atoms with Crippen molar-refractivity contribution in [1.82, 2.24) is 9.62 Å². The maximum Gasteiger partial charge on any atom is 0.243 e. The molecule has 146 valence electrons. The molecule has 0 spiro atoms. The lowest BCUT2D eigenvalue weighted by Crippen LogP contribution is -2.41. The smallest absolute Gasteiger partial charge is 0.243 e. The fourth-order valence-electron chi connectivity index (χ4n) is 2.77. The van der Waals surface area contributed by atoms with Crippen LogP contribution in [0.5, 0.6) is 0 Å². The van der Waals surface area contributed by atoms with E-state index in [0.717, 1.165) is 11.1 Å². The van der Waals surface area contributed by atoms with Gasteiger partial charge in [0.15, 0.2) is 0 Å². The van der Waals surface area contributed by atoms with Crippen LogP contribution >= 0.6 is 11.6 Å². The molecule has 0 bridgehead atoms. The van der Waals surface area contributed by atoms with Crippen LogP contribution < -0.4 is 5.32 Å². The summed E-state index contributed by atoms with van der Waals surface area (Å²) in [5.41, 5.74) is 2.42. The van der Waals surface area contributed by atoms with Crippen molar-refractivity contribution in [3.63, 3.8) is 0 Å². The van der Waals surface area contributed by atoms with Gasteiger partial charge in [-0.3, -0.25) is 4.79 Å². The van der Waals surface area contributed by atoms with E-state index in [4.69, 9.17) is 11.6 Å². The second-order valence-electron chi connectivity index (χ2n) is 6.54. The molecule has 1 atom stereocenters. The van der Waals surface area contributed by atoms with Gasteiger partial charge in [-0.05, 0) is 55.7 Å². The van der Waals surface area contributed by atoms with E-state index in [1.54, 1.807) is 38.1 Å². The van der Waals surface area contributed by atoms with Gasteiger partial charge in [0.25, 0.3) is 0 Å². The molecule has 27 heavy (non-hydrogen) atoms. The van der Waals surface area contributed by atoms with Crippen molar-refractivity contribution in [3.05, 3.63) is 64.2 Å². The van der Waals surface area contributed by atoms with E-state index in [-0.39, 0.29) is 29.9 Å². The zero-order chi connectivity index (χ0) is 20.2. The molecule has 0 saturated carbocycles. The Morgan fingerprint density at radius 1 is 1.15 bits per heavy atom. The van der Waals surface area contributed by atoms with Gasteiger partial charge in [-0.2, -0.15) is 4.31 Å². The minimum atomic E-state index is -3.75. The van der Waals surface area contributed by atoms with E-state index >= 15 is 0 Å². The molecule has 0 aliphatic heterocycles. The molecule has 0 aromatic heterocycles. The van der Waals surface area contributed by atoms with Gasteiger partial charge in [-0.25, -0.2) is 8.42 Å². The number of benzene rings is 2. The second kappa shape index (κ2) is 8.87. The number of amides is 1. The van der Waals surface area contributed by atoms with E-state index in [1.807, 2.05) is 32.0 Å². The number of likely N-dealkylation sites (N-methyl/N-ethyl adjacent to an activating group) is 1. The number of nitrogens with one attached hydrogen (secondary N) is 1. The predicted octanol–water partition coefficient (Wildman–Crippen LogP) is 3.84. The first-order valence-electron chi connectivity index (χ1n) is 8.77. The van der Waals surface area contributed by atoms with E-state index in [2.05, 4.69) is 5.32 Å². The predicted molar refractivity (Wildman–Crippen MR) is 108 cm³/mol. The van der Waals surface area contributed by atoms with Gasteiger partial charge in [0, 0.05) is 11.6 Å². The Morgan fingerprint density at radius 2 is 1.78 bits per heavy atom. The fourth-order valence-corrected chi connectivity index (χ4v) is 4.61. The molecule has 2 aromatic rings. The van der Waals surface area contributed by atoms with Gasteiger partial charge in [-0.15, -0.1) is 0 Å². The molecule has 2 rings (SSSR count). The highest BCUT2D eigenvalue weighted by atomic mass is 35.5. The topological polar surface area (TPSA) is 66.5 Å². The lowest BCUT2D eigenvalue weighted by molar-refractivity contribution is -0.121. The standard InChI is InChI=1S/C20H25ClN2O3S/c1-5-23(27(25,26)19-12-14(2)6-7-15(19)3)13-20(24)22-16(4)17-8-10-18(21)11-9-17/h6-12,16H,5,13H2,1-4H3,(H,22,24)/t16-/m1/s1. The van der Waals surface area contributed by atoms with Crippen molar-refractivity contribution >= 4 is 27.5 Å². The molecular weight excluding hydrogens is 384 g/mol. The summed E-state index contributed by atoms with van der Waals surface area (Å²) in [5.74, 6) is -0.354. The Kier molecular flexibility index (Phi) is 7.03. The number of sulfonamides is 1. The third kappa shape index (κ3) is 5.31. The summed E-state index contributed by atoms with van der Waals surface area (Å²) in [6.45, 7) is 7.13. The molecule has 5 nitrogen and oxygen atoms in total. The van der Waals surface area contributed by atoms with Crippen molar-refractivity contribution in [2.24, 2.45) is 0 Å². The summed E-state index contributed by atoms with van der Waals surface area (Å²) in [7, 11) is -3.75. The van der Waals surface area contributed by atoms with Gasteiger partial charge >= 0.3 is 0 Å². The quantitative estimate of drug-likeness (QED) is 0.756. The highest BCUT2D eigenvalue weighted by Gasteiger charge is 2.27. The molecular formula is C20H25ClN2O3S. The van der Waals surface area contributed by atoms with E-state index < -0.39 is 10.0 Å². The Balaban J connectivity index is 2.14. The molecule has 1 amide bonds. The van der Waals surface area contributed by atoms with Crippen molar-refractivity contribution in [2.45, 2.75) is 38.6 Å². The lowest BCUT2D eigenvalue weighted by atomic mass is 10.1. The number of halogens is 1. The van der Waals surface area contributed by atoms with E-state index in [9.17, 15) is 13.2 Å². The van der Waals surface area contributed by atoms with Crippen LogP contribution in [0.15, 0.2) is 47.4 Å². The normalized spacial score (nSPS) is 12.8. The van der Waals surface area contributed by atoms with Crippen molar-refractivity contribution in [2.75, 3.05) is 13.1 Å². The summed E-state index contributed by atoms with van der Waals surface area (Å²) in [6, 6.07) is 12.2. The molecule has 2 aromatic carbocycles. The Morgan fingerprint density at radius 3 is 2.37 bits per heavy atom. The van der Waals surface area contributed by atoms with Crippen LogP contribution in [-0.2, 0) is 14.8 Å². The van der Waals surface area contributed by atoms with Gasteiger partial charge < -0.3 is 5.32 Å². The number of aryl methyl sites for hydroxylation is 2. The van der Waals surface area contributed by atoms with Crippen LogP contribution in [0.2, 0.25) is 5.02 Å². The van der Waals surface area contributed by atoms with E-state index in [1.165, 1.54) is 4.31 Å². The molecule has 0 aliphatic rings. The minimum absolute atomic E-state index is 0.207. The SMILES string of the molecule is CCN(CC(=O)N[C@H](C)c1ccc(Cl)cc1)S(=O)(=O)c1cc(C)ccc1C. The van der Waals surface area contributed by atoms with Crippen LogP contribution in [0, 0.1) is 13.8 Å². The number of hydrogen-bond donors (Lipinski definition) is 1. The number of carbonyl (C=O) groups is 1. The molecule has 0 aliphatic carbocycles. The summed E-state index contributed by atoms with van der Waals surface area (Å²) < 4.78 is 27.2. The largest absolute Gasteiger partial charge is 0.348 e. The van der Waals surface area contributed by atoms with Gasteiger partial charge in [0.2, 0.25) is 15.9 Å². The number of nitrogens with zero attached hydrogens (tertiary/aromatic N) is 1. The highest BCUT2D eigenvalue weighted by Crippen LogP contribution is 2.21. The highest BCUT2D eigenvalue weighted by molar-refractivity contribution is 7.89. The van der Waals surface area contributed by atoms with Crippen LogP contribution in [0.25, 0.3) is 0 Å². The van der Waals surface area contributed by atoms with Crippen LogP contribution in [0.1, 0.15) is 36.6 Å². The van der Waals surface area contributed by atoms with Crippen molar-refractivity contribution < 1.29 is 13.2 Å². The van der Waals surface area contributed by atoms with Crippen LogP contribution in [0.4, 0.5) is 0 Å². The van der Waals surface area contributed by atoms with Crippen LogP contribution in [0.3, 0.4) is 0 Å². The van der Waals surface area contributed by atoms with Crippen molar-refractivity contribution in [3.8, 4) is 0 Å². The maximum absolute atomic E-state index is 13.0. The maximum atomic E-state index is 13.0. The number of carbonyl (C=O) groups excluding carboxylic acids is 1. The van der Waals surface area contributed by atoms with Gasteiger partial charge in [-0.1, -0.05) is 42.8 Å². The third-order valence-corrected chi connectivity index (χ3v) is 6.70. The van der Waals surface area contributed by atoms with Gasteiger partial charge in [0.05, 0.1) is 17.5 Å². The summed E-state index contributed by atoms with van der Waals surface area (Å²) in [6.07, 6.45) is 0. The summed E-state index contributed by atoms with van der Waals surface area (Å²) in [4.78, 5) is 12.7. The van der Waals surface area contributed by atoms with Crippen molar-refractivity contribution in [1.29, 1.82) is 0 Å². The number of hydrogen-bond acceptors (Lipinski definition) is 3. The average Bonchev–Trinajstić information content (AvgIpc) is 2.61. The Bertz CT molecular complexity index is 911. The monoisotopic (exact) mass is 408 g/mol. The minimum Gasteiger partial charge on any atom is -0.348 e. The summed E-state index contributed by atoms with van der Waals surface area (Å²) in [5, 5.41) is 3.46. The Hall–Kier alpha value is -1.89. The average molecular weight is 409 g/mol. The summed E-state index contributed by atoms with van der Waals surface area (Å²) >= 11 is 5.88. The Labute approximate surface area is 166 Å². The molecule has 0 radical (unpaired) electrons. The molecule has 0 fully saturated rings. The first-order valence-corrected chi connectivity index (χ1v) is 10.6. The first-order chi connectivity index (χ1) is 12.6. The fraction of sp³-hybridized carbons (Fsp3) is 0.350. The third-order valence-electron chi connectivity index (χ3n) is 4.38. The molecule has 1 N–H and O–H groups in total. The molecule has 0 heterocycles. The van der Waals surface area contributed by atoms with Gasteiger partial charge in [0.1, 0.15) is 0 Å². The van der Waals surface area contributed by atoms with Crippen LogP contribution in [-0.4, -0.2) is 31.7 Å². The molecule has 0 saturated heterocycles. The lowest BCUT2D eigenvalue weighted by Gasteiger charge is -2.23. The zero-order valence-electron chi connectivity index (χ0n) is 16.0. The molecule has 0 unspecified atom stereocenters. The zero-order valence-corrected chi connectivity index (χ0v) is 17.6. The van der Waals surface area contributed by atoms with E-state index in [0.29, 0.717) is 10.6 Å². The number of rotatable bonds is 7. The second-order valence-corrected chi connectivity index (χ2v) is 8.88.